The lowest BCUT2D eigenvalue weighted by molar-refractivity contribution is -0.155. The van der Waals surface area contributed by atoms with Crippen LogP contribution in [0.2, 0.25) is 0 Å². The largest absolute Gasteiger partial charge is 0.463 e. The normalized spacial score (nSPS) is 12.1. The van der Waals surface area contributed by atoms with Gasteiger partial charge in [0, 0.05) is 19.4 Å². The summed E-state index contributed by atoms with van der Waals surface area (Å²) in [4.78, 5) is 25.5. The summed E-state index contributed by atoms with van der Waals surface area (Å²) in [5, 5.41) is 0. The van der Waals surface area contributed by atoms with Crippen LogP contribution in [0.15, 0.2) is 12.2 Å². The van der Waals surface area contributed by atoms with E-state index in [1.54, 1.807) is 0 Å². The third-order valence-corrected chi connectivity index (χ3v) is 15.8. The summed E-state index contributed by atoms with van der Waals surface area (Å²) in [6.07, 6.45) is 80.0. The Hall–Kier alpha value is -1.36. The molecule has 0 aliphatic heterocycles. The molecule has 0 N–H and O–H groups in total. The van der Waals surface area contributed by atoms with Gasteiger partial charge in [0.15, 0.2) is 0 Å². The molecule has 0 fully saturated rings. The van der Waals surface area contributed by atoms with Crippen molar-refractivity contribution in [1.29, 1.82) is 0 Å². The molecule has 0 aromatic heterocycles. The second-order valence-electron chi connectivity index (χ2n) is 23.4. The number of unbranched alkanes of at least 4 members (excludes halogenated alkanes) is 52. The van der Waals surface area contributed by atoms with Crippen molar-refractivity contribution >= 4 is 11.9 Å². The van der Waals surface area contributed by atoms with Gasteiger partial charge in [-0.25, -0.2) is 0 Å². The van der Waals surface area contributed by atoms with Crippen molar-refractivity contribution in [2.45, 2.75) is 399 Å². The molecule has 5 heteroatoms. The molecule has 0 heterocycles. The van der Waals surface area contributed by atoms with E-state index in [1.165, 1.54) is 321 Å². The van der Waals surface area contributed by atoms with Crippen LogP contribution >= 0.6 is 0 Å². The van der Waals surface area contributed by atoms with E-state index in [1.807, 2.05) is 0 Å². The van der Waals surface area contributed by atoms with Crippen LogP contribution in [0.25, 0.3) is 0 Å². The van der Waals surface area contributed by atoms with Crippen LogP contribution in [0.1, 0.15) is 393 Å². The van der Waals surface area contributed by atoms with Gasteiger partial charge in [-0.05, 0) is 44.9 Å². The molecule has 440 valence electrons. The third-order valence-electron chi connectivity index (χ3n) is 15.8. The number of carbonyl (C=O) groups excluding carboxylic acids is 2. The molecule has 0 spiro atoms. The predicted molar refractivity (Wildman–Crippen MR) is 326 cm³/mol. The first kappa shape index (κ1) is 72.6. The summed E-state index contributed by atoms with van der Waals surface area (Å²) in [6, 6.07) is 0. The molecule has 0 bridgehead atoms. The van der Waals surface area contributed by atoms with Gasteiger partial charge in [0.25, 0.3) is 0 Å². The topological polar surface area (TPSA) is 61.8 Å². The number of hydrogen-bond donors (Lipinski definition) is 0. The van der Waals surface area contributed by atoms with E-state index < -0.39 is 6.10 Å². The Morgan fingerprint density at radius 2 is 0.473 bits per heavy atom. The van der Waals surface area contributed by atoms with Gasteiger partial charge in [-0.1, -0.05) is 348 Å². The first-order valence-corrected chi connectivity index (χ1v) is 34.2. The zero-order chi connectivity index (χ0) is 53.4. The molecule has 0 amide bonds. The second-order valence-corrected chi connectivity index (χ2v) is 23.4. The molecule has 74 heavy (non-hydrogen) atoms. The summed E-state index contributed by atoms with van der Waals surface area (Å²) >= 11 is 0. The molecule has 0 saturated heterocycles. The van der Waals surface area contributed by atoms with Crippen LogP contribution in [0.5, 0.6) is 0 Å². The molecular formula is C69H134O5. The van der Waals surface area contributed by atoms with E-state index in [0.717, 1.165) is 38.5 Å². The third kappa shape index (κ3) is 63.2. The van der Waals surface area contributed by atoms with Gasteiger partial charge >= 0.3 is 11.9 Å². The Kier molecular flexibility index (Phi) is 64.7. The van der Waals surface area contributed by atoms with E-state index in [0.29, 0.717) is 19.4 Å². The van der Waals surface area contributed by atoms with Crippen molar-refractivity contribution in [2.75, 3.05) is 19.8 Å². The van der Waals surface area contributed by atoms with Crippen molar-refractivity contribution < 1.29 is 23.8 Å². The molecule has 5 nitrogen and oxygen atoms in total. The van der Waals surface area contributed by atoms with Crippen molar-refractivity contribution in [1.82, 2.24) is 0 Å². The van der Waals surface area contributed by atoms with E-state index in [4.69, 9.17) is 14.2 Å². The van der Waals surface area contributed by atoms with Crippen molar-refractivity contribution in [3.63, 3.8) is 0 Å². The van der Waals surface area contributed by atoms with E-state index in [9.17, 15) is 9.59 Å². The van der Waals surface area contributed by atoms with Crippen LogP contribution in [0.4, 0.5) is 0 Å². The molecule has 0 aliphatic carbocycles. The lowest BCUT2D eigenvalue weighted by atomic mass is 10.0. The quantitative estimate of drug-likeness (QED) is 0.0345. The Bertz CT molecular complexity index is 1090. The van der Waals surface area contributed by atoms with Gasteiger partial charge in [-0.15, -0.1) is 0 Å². The number of carbonyl (C=O) groups is 2. The smallest absolute Gasteiger partial charge is 0.305 e. The monoisotopic (exact) mass is 1040 g/mol. The molecular weight excluding hydrogens is 909 g/mol. The number of hydrogen-bond acceptors (Lipinski definition) is 5. The predicted octanol–water partition coefficient (Wildman–Crippen LogP) is 23.7. The minimum Gasteiger partial charge on any atom is -0.463 e. The van der Waals surface area contributed by atoms with Gasteiger partial charge in [-0.2, -0.15) is 0 Å². The van der Waals surface area contributed by atoms with Gasteiger partial charge < -0.3 is 14.2 Å². The minimum atomic E-state index is -0.393. The molecule has 0 radical (unpaired) electrons. The van der Waals surface area contributed by atoms with Gasteiger partial charge in [0.1, 0.15) is 19.3 Å². The zero-order valence-electron chi connectivity index (χ0n) is 50.9. The van der Waals surface area contributed by atoms with Gasteiger partial charge in [-0.3, -0.25) is 9.59 Å². The molecule has 0 rings (SSSR count). The Morgan fingerprint density at radius 3 is 0.716 bits per heavy atom. The highest BCUT2D eigenvalue weighted by atomic mass is 16.6. The molecule has 0 aromatic rings. The summed E-state index contributed by atoms with van der Waals surface area (Å²) in [7, 11) is 0. The SMILES string of the molecule is CCCCCCCC/C=C\CCCCCCCCCCCCCC(=O)OC[C@H](COC(=O)CCCCCCCCCCCCCCCCCCCCCCC)OCCCCCCCCCCCCCCCCCC. The van der Waals surface area contributed by atoms with Crippen molar-refractivity contribution in [3.05, 3.63) is 12.2 Å². The van der Waals surface area contributed by atoms with Gasteiger partial charge in [0.2, 0.25) is 0 Å². The molecule has 0 unspecified atom stereocenters. The molecule has 0 aliphatic rings. The maximum atomic E-state index is 12.7. The average Bonchev–Trinajstić information content (AvgIpc) is 3.40. The minimum absolute atomic E-state index is 0.151. The van der Waals surface area contributed by atoms with Crippen LogP contribution in [0.3, 0.4) is 0 Å². The fourth-order valence-corrected chi connectivity index (χ4v) is 10.7. The highest BCUT2D eigenvalue weighted by molar-refractivity contribution is 5.69. The maximum Gasteiger partial charge on any atom is 0.305 e. The first-order chi connectivity index (χ1) is 36.6. The Morgan fingerprint density at radius 1 is 0.270 bits per heavy atom. The standard InChI is InChI=1S/C69H134O5/c1-4-7-10-13-16-19-22-25-28-31-33-35-37-39-41-44-47-50-53-56-59-62-68(70)73-65-67(72-64-61-58-55-52-49-46-43-30-27-24-21-18-15-12-9-6-3)66-74-69(71)63-60-57-54-51-48-45-42-40-38-36-34-32-29-26-23-20-17-14-11-8-5-2/h25,28,67H,4-24,26-27,29-66H2,1-3H3/b28-25-/t67-/m1/s1. The van der Waals surface area contributed by atoms with Crippen molar-refractivity contribution in [2.24, 2.45) is 0 Å². The Labute approximate surface area is 465 Å². The lowest BCUT2D eigenvalue weighted by Gasteiger charge is -2.18. The second kappa shape index (κ2) is 65.9. The first-order valence-electron chi connectivity index (χ1n) is 34.2. The highest BCUT2D eigenvalue weighted by Gasteiger charge is 2.16. The average molecular weight is 1040 g/mol. The van der Waals surface area contributed by atoms with Gasteiger partial charge in [0.05, 0.1) is 0 Å². The number of allylic oxidation sites excluding steroid dienone is 2. The zero-order valence-corrected chi connectivity index (χ0v) is 50.9. The lowest BCUT2D eigenvalue weighted by Crippen LogP contribution is -2.29. The van der Waals surface area contributed by atoms with Crippen LogP contribution in [-0.4, -0.2) is 37.9 Å². The van der Waals surface area contributed by atoms with Crippen LogP contribution in [0, 0.1) is 0 Å². The molecule has 1 atom stereocenters. The number of esters is 2. The fourth-order valence-electron chi connectivity index (χ4n) is 10.7. The molecule has 0 aromatic carbocycles. The maximum absolute atomic E-state index is 12.7. The number of rotatable bonds is 65. The summed E-state index contributed by atoms with van der Waals surface area (Å²) < 4.78 is 17.6. The van der Waals surface area contributed by atoms with E-state index >= 15 is 0 Å². The fraction of sp³-hybridized carbons (Fsp3) is 0.942. The Balaban J connectivity index is 4.16. The van der Waals surface area contributed by atoms with Crippen LogP contribution in [-0.2, 0) is 23.8 Å². The summed E-state index contributed by atoms with van der Waals surface area (Å²) in [5.41, 5.74) is 0. The summed E-state index contributed by atoms with van der Waals surface area (Å²) in [6.45, 7) is 7.83. The van der Waals surface area contributed by atoms with Crippen LogP contribution < -0.4 is 0 Å². The summed E-state index contributed by atoms with van der Waals surface area (Å²) in [5.74, 6) is -0.303. The van der Waals surface area contributed by atoms with Crippen molar-refractivity contribution in [3.8, 4) is 0 Å². The van der Waals surface area contributed by atoms with E-state index in [2.05, 4.69) is 32.9 Å². The van der Waals surface area contributed by atoms with E-state index in [-0.39, 0.29) is 25.2 Å². The number of ether oxygens (including phenoxy) is 3. The molecule has 0 saturated carbocycles. The highest BCUT2D eigenvalue weighted by Crippen LogP contribution is 2.18.